The van der Waals surface area contributed by atoms with E-state index in [2.05, 4.69) is 0 Å². The summed E-state index contributed by atoms with van der Waals surface area (Å²) in [5.41, 5.74) is 0. The van der Waals surface area contributed by atoms with E-state index in [4.69, 9.17) is 4.74 Å². The molecular weight excluding hydrogens is 276 g/mol. The maximum Gasteiger partial charge on any atom is 0.248 e. The van der Waals surface area contributed by atoms with Gasteiger partial charge in [0.15, 0.2) is 0 Å². The molecule has 1 aliphatic heterocycles. The van der Waals surface area contributed by atoms with Gasteiger partial charge in [-0.05, 0) is 17.9 Å². The van der Waals surface area contributed by atoms with Crippen LogP contribution in [-0.4, -0.2) is 61.5 Å². The van der Waals surface area contributed by atoms with Gasteiger partial charge in [-0.3, -0.25) is 9.59 Å². The lowest BCUT2D eigenvalue weighted by atomic mass is 10.3. The third kappa shape index (κ3) is 4.05. The summed E-state index contributed by atoms with van der Waals surface area (Å²) in [6.45, 7) is 2.74. The van der Waals surface area contributed by atoms with Gasteiger partial charge in [0, 0.05) is 38.2 Å². The molecule has 0 aliphatic carbocycles. The van der Waals surface area contributed by atoms with Gasteiger partial charge in [-0.1, -0.05) is 6.07 Å². The zero-order valence-electron chi connectivity index (χ0n) is 11.7. The van der Waals surface area contributed by atoms with Crippen molar-refractivity contribution in [3.05, 3.63) is 22.4 Å². The molecule has 0 aromatic carbocycles. The first-order valence-electron chi connectivity index (χ1n) is 6.77. The van der Waals surface area contributed by atoms with Gasteiger partial charge in [-0.15, -0.1) is 11.3 Å². The fourth-order valence-corrected chi connectivity index (χ4v) is 3.00. The van der Waals surface area contributed by atoms with Gasteiger partial charge < -0.3 is 14.5 Å². The Morgan fingerprint density at radius 1 is 1.20 bits per heavy atom. The maximum absolute atomic E-state index is 12.2. The lowest BCUT2D eigenvalue weighted by Gasteiger charge is -2.22. The molecule has 2 heterocycles. The van der Waals surface area contributed by atoms with Gasteiger partial charge in [0.2, 0.25) is 11.8 Å². The summed E-state index contributed by atoms with van der Waals surface area (Å²) >= 11 is 1.60. The average Bonchev–Trinajstić information content (AvgIpc) is 2.80. The summed E-state index contributed by atoms with van der Waals surface area (Å²) in [6.07, 6.45) is 1.29. The van der Waals surface area contributed by atoms with Gasteiger partial charge in [-0.25, -0.2) is 0 Å². The average molecular weight is 296 g/mol. The summed E-state index contributed by atoms with van der Waals surface area (Å²) < 4.78 is 4.87. The van der Waals surface area contributed by atoms with E-state index in [1.165, 1.54) is 7.11 Å². The highest BCUT2D eigenvalue weighted by molar-refractivity contribution is 7.10. The molecule has 1 aromatic rings. The second-order valence-corrected chi connectivity index (χ2v) is 5.84. The van der Waals surface area contributed by atoms with Crippen LogP contribution in [0.15, 0.2) is 17.5 Å². The minimum Gasteiger partial charge on any atom is -0.375 e. The van der Waals surface area contributed by atoms with Crippen LogP contribution >= 0.6 is 11.3 Å². The molecule has 1 aromatic heterocycles. The van der Waals surface area contributed by atoms with Gasteiger partial charge in [-0.2, -0.15) is 0 Å². The number of carbonyl (C=O) groups is 2. The monoisotopic (exact) mass is 296 g/mol. The molecule has 0 N–H and O–H groups in total. The van der Waals surface area contributed by atoms with Crippen LogP contribution in [0.3, 0.4) is 0 Å². The van der Waals surface area contributed by atoms with E-state index >= 15 is 0 Å². The molecule has 0 saturated carbocycles. The lowest BCUT2D eigenvalue weighted by Crippen LogP contribution is -2.39. The van der Waals surface area contributed by atoms with Crippen LogP contribution < -0.4 is 0 Å². The van der Waals surface area contributed by atoms with Crippen LogP contribution in [0.2, 0.25) is 0 Å². The van der Waals surface area contributed by atoms with Gasteiger partial charge >= 0.3 is 0 Å². The molecule has 1 fully saturated rings. The standard InChI is InChI=1S/C14H20N2O3S/c1-19-11-14(18)16-6-3-5-15(7-8-16)13(17)10-12-4-2-9-20-12/h2,4,9H,3,5-8,10-11H2,1H3. The van der Waals surface area contributed by atoms with Crippen molar-refractivity contribution in [1.82, 2.24) is 9.80 Å². The zero-order valence-corrected chi connectivity index (χ0v) is 12.5. The summed E-state index contributed by atoms with van der Waals surface area (Å²) in [5, 5.41) is 1.98. The molecule has 0 bridgehead atoms. The van der Waals surface area contributed by atoms with Crippen molar-refractivity contribution in [3.63, 3.8) is 0 Å². The van der Waals surface area contributed by atoms with E-state index in [0.29, 0.717) is 26.1 Å². The highest BCUT2D eigenvalue weighted by Crippen LogP contribution is 2.12. The molecule has 6 heteroatoms. The number of ether oxygens (including phenoxy) is 1. The van der Waals surface area contributed by atoms with Gasteiger partial charge in [0.25, 0.3) is 0 Å². The van der Waals surface area contributed by atoms with Crippen molar-refractivity contribution in [2.45, 2.75) is 12.8 Å². The second kappa shape index (κ2) is 7.40. The first-order chi connectivity index (χ1) is 9.70. The van der Waals surface area contributed by atoms with Crippen LogP contribution in [0.4, 0.5) is 0 Å². The minimum atomic E-state index is 0.0000517. The molecule has 1 saturated heterocycles. The number of thiophene rings is 1. The van der Waals surface area contributed by atoms with E-state index < -0.39 is 0 Å². The highest BCUT2D eigenvalue weighted by Gasteiger charge is 2.21. The molecular formula is C14H20N2O3S. The Morgan fingerprint density at radius 2 is 1.90 bits per heavy atom. The fourth-order valence-electron chi connectivity index (χ4n) is 2.31. The van der Waals surface area contributed by atoms with E-state index in [1.54, 1.807) is 16.2 Å². The number of rotatable bonds is 4. The van der Waals surface area contributed by atoms with Gasteiger partial charge in [0.05, 0.1) is 6.42 Å². The topological polar surface area (TPSA) is 49.9 Å². The number of hydrogen-bond acceptors (Lipinski definition) is 4. The minimum absolute atomic E-state index is 0.0000517. The third-order valence-corrected chi connectivity index (χ3v) is 4.25. The Morgan fingerprint density at radius 3 is 2.50 bits per heavy atom. The third-order valence-electron chi connectivity index (χ3n) is 3.37. The zero-order chi connectivity index (χ0) is 14.4. The molecule has 110 valence electrons. The Hall–Kier alpha value is -1.40. The normalized spacial score (nSPS) is 16.1. The first-order valence-corrected chi connectivity index (χ1v) is 7.65. The summed E-state index contributed by atoms with van der Waals surface area (Å²) in [7, 11) is 1.52. The Labute approximate surface area is 123 Å². The molecule has 2 rings (SSSR count). The highest BCUT2D eigenvalue weighted by atomic mass is 32.1. The Bertz CT molecular complexity index is 447. The van der Waals surface area contributed by atoms with E-state index in [-0.39, 0.29) is 18.4 Å². The van der Waals surface area contributed by atoms with E-state index in [9.17, 15) is 9.59 Å². The molecule has 0 unspecified atom stereocenters. The molecule has 5 nitrogen and oxygen atoms in total. The molecule has 0 radical (unpaired) electrons. The van der Waals surface area contributed by atoms with Crippen molar-refractivity contribution in [1.29, 1.82) is 0 Å². The van der Waals surface area contributed by atoms with Crippen LogP contribution in [0.1, 0.15) is 11.3 Å². The molecule has 1 aliphatic rings. The van der Waals surface area contributed by atoms with Crippen LogP contribution in [-0.2, 0) is 20.7 Å². The van der Waals surface area contributed by atoms with Crippen molar-refractivity contribution >= 4 is 23.2 Å². The lowest BCUT2D eigenvalue weighted by molar-refractivity contribution is -0.136. The second-order valence-electron chi connectivity index (χ2n) is 4.80. The van der Waals surface area contributed by atoms with Crippen molar-refractivity contribution < 1.29 is 14.3 Å². The molecule has 20 heavy (non-hydrogen) atoms. The van der Waals surface area contributed by atoms with Gasteiger partial charge in [0.1, 0.15) is 6.61 Å². The summed E-state index contributed by atoms with van der Waals surface area (Å²) in [5.74, 6) is 0.147. The molecule has 0 spiro atoms. The maximum atomic E-state index is 12.2. The molecule has 0 atom stereocenters. The van der Waals surface area contributed by atoms with E-state index in [1.807, 2.05) is 22.4 Å². The van der Waals surface area contributed by atoms with Crippen LogP contribution in [0, 0.1) is 0 Å². The fraction of sp³-hybridized carbons (Fsp3) is 0.571. The number of hydrogen-bond donors (Lipinski definition) is 0. The Balaban J connectivity index is 1.85. The molecule has 2 amide bonds. The number of nitrogens with zero attached hydrogens (tertiary/aromatic N) is 2. The SMILES string of the molecule is COCC(=O)N1CCCN(C(=O)Cc2cccs2)CC1. The van der Waals surface area contributed by atoms with Crippen molar-refractivity contribution in [2.24, 2.45) is 0 Å². The number of methoxy groups -OCH3 is 1. The predicted molar refractivity (Wildman–Crippen MR) is 77.7 cm³/mol. The van der Waals surface area contributed by atoms with Crippen LogP contribution in [0.25, 0.3) is 0 Å². The summed E-state index contributed by atoms with van der Waals surface area (Å²) in [6, 6.07) is 3.94. The largest absolute Gasteiger partial charge is 0.375 e. The number of amides is 2. The number of carbonyl (C=O) groups excluding carboxylic acids is 2. The van der Waals surface area contributed by atoms with Crippen molar-refractivity contribution in [3.8, 4) is 0 Å². The van der Waals surface area contributed by atoms with Crippen LogP contribution in [0.5, 0.6) is 0 Å². The quantitative estimate of drug-likeness (QED) is 0.833. The Kier molecular flexibility index (Phi) is 5.55. The van der Waals surface area contributed by atoms with E-state index in [0.717, 1.165) is 17.8 Å². The first kappa shape index (κ1) is 15.0. The smallest absolute Gasteiger partial charge is 0.248 e. The summed E-state index contributed by atoms with van der Waals surface area (Å²) in [4.78, 5) is 28.7. The predicted octanol–water partition coefficient (Wildman–Crippen LogP) is 0.998. The van der Waals surface area contributed by atoms with Crippen molar-refractivity contribution in [2.75, 3.05) is 39.9 Å².